The third-order valence-electron chi connectivity index (χ3n) is 4.79. The number of hydrogen-bond donors (Lipinski definition) is 0. The first-order valence-electron chi connectivity index (χ1n) is 8.88. The highest BCUT2D eigenvalue weighted by molar-refractivity contribution is 8.00. The summed E-state index contributed by atoms with van der Waals surface area (Å²) in [5, 5.41) is 9.59. The lowest BCUT2D eigenvalue weighted by Gasteiger charge is -2.32. The van der Waals surface area contributed by atoms with Crippen LogP contribution in [-0.4, -0.2) is 38.7 Å². The van der Waals surface area contributed by atoms with E-state index in [4.69, 9.17) is 10.2 Å². The topological polar surface area (TPSA) is 61.9 Å². The maximum atomic E-state index is 12.8. The molecule has 5 nitrogen and oxygen atoms in total. The van der Waals surface area contributed by atoms with Crippen LogP contribution in [0.2, 0.25) is 0 Å². The summed E-state index contributed by atoms with van der Waals surface area (Å²) < 4.78 is 2.06. The molecule has 1 fully saturated rings. The van der Waals surface area contributed by atoms with Gasteiger partial charge in [0.05, 0.1) is 28.8 Å². The van der Waals surface area contributed by atoms with E-state index in [2.05, 4.69) is 17.6 Å². The number of fused-ring (bicyclic) bond motifs is 1. The number of carbonyl (C=O) groups excluding carboxylic acids is 1. The molecule has 1 aromatic carbocycles. The van der Waals surface area contributed by atoms with Crippen molar-refractivity contribution in [3.05, 3.63) is 24.3 Å². The normalized spacial score (nSPS) is 16.8. The first-order valence-corrected chi connectivity index (χ1v) is 9.75. The van der Waals surface area contributed by atoms with Crippen molar-refractivity contribution in [3.8, 4) is 6.07 Å². The number of thioether (sulfide) groups is 1. The maximum absolute atomic E-state index is 12.8. The number of imidazole rings is 1. The molecule has 0 radical (unpaired) electrons. The van der Waals surface area contributed by atoms with E-state index in [9.17, 15) is 4.79 Å². The maximum Gasteiger partial charge on any atom is 0.235 e. The Morgan fingerprint density at radius 2 is 2.12 bits per heavy atom. The highest BCUT2D eigenvalue weighted by atomic mass is 32.2. The van der Waals surface area contributed by atoms with Gasteiger partial charge in [-0.2, -0.15) is 5.26 Å². The van der Waals surface area contributed by atoms with E-state index in [1.54, 1.807) is 0 Å². The van der Waals surface area contributed by atoms with Gasteiger partial charge in [-0.1, -0.05) is 30.8 Å². The Morgan fingerprint density at radius 1 is 1.40 bits per heavy atom. The van der Waals surface area contributed by atoms with E-state index in [1.807, 2.05) is 36.1 Å². The van der Waals surface area contributed by atoms with Crippen molar-refractivity contribution in [2.24, 2.45) is 5.92 Å². The standard InChI is InChI=1S/C19H24N4OS/c1-14-8-12-22(13-9-14)18(24)15(2)25-19-21-16-6-3-4-7-17(16)23(19)11-5-10-20/h3-4,6-7,14-15H,5,8-9,11-13H2,1-2H3/t15-/m0/s1. The molecule has 6 heteroatoms. The average molecular weight is 356 g/mol. The number of hydrogen-bond acceptors (Lipinski definition) is 4. The number of piperidine rings is 1. The van der Waals surface area contributed by atoms with E-state index < -0.39 is 0 Å². The van der Waals surface area contributed by atoms with Crippen molar-refractivity contribution in [2.45, 2.75) is 50.1 Å². The van der Waals surface area contributed by atoms with Gasteiger partial charge in [-0.15, -0.1) is 0 Å². The number of likely N-dealkylation sites (tertiary alicyclic amines) is 1. The summed E-state index contributed by atoms with van der Waals surface area (Å²) in [5.41, 5.74) is 1.93. The minimum atomic E-state index is -0.175. The smallest absolute Gasteiger partial charge is 0.235 e. The fourth-order valence-corrected chi connectivity index (χ4v) is 4.25. The van der Waals surface area contributed by atoms with Gasteiger partial charge in [0.15, 0.2) is 5.16 Å². The molecule has 2 aromatic rings. The lowest BCUT2D eigenvalue weighted by atomic mass is 9.99. The van der Waals surface area contributed by atoms with Crippen molar-refractivity contribution in [1.82, 2.24) is 14.5 Å². The zero-order chi connectivity index (χ0) is 17.8. The van der Waals surface area contributed by atoms with E-state index in [0.29, 0.717) is 18.9 Å². The van der Waals surface area contributed by atoms with Gasteiger partial charge in [-0.3, -0.25) is 4.79 Å². The number of carbonyl (C=O) groups is 1. The third-order valence-corrected chi connectivity index (χ3v) is 5.87. The molecule has 1 atom stereocenters. The minimum Gasteiger partial charge on any atom is -0.342 e. The number of aryl methyl sites for hydroxylation is 1. The van der Waals surface area contributed by atoms with Crippen molar-refractivity contribution >= 4 is 28.7 Å². The molecule has 0 bridgehead atoms. The largest absolute Gasteiger partial charge is 0.342 e. The van der Waals surface area contributed by atoms with E-state index >= 15 is 0 Å². The Balaban J connectivity index is 1.77. The molecule has 0 spiro atoms. The molecule has 0 N–H and O–H groups in total. The van der Waals surface area contributed by atoms with Crippen LogP contribution in [0.5, 0.6) is 0 Å². The zero-order valence-corrected chi connectivity index (χ0v) is 15.6. The monoisotopic (exact) mass is 356 g/mol. The van der Waals surface area contributed by atoms with Gasteiger partial charge in [0.25, 0.3) is 0 Å². The van der Waals surface area contributed by atoms with Gasteiger partial charge >= 0.3 is 0 Å². The molecule has 1 aliphatic rings. The van der Waals surface area contributed by atoms with Crippen molar-refractivity contribution in [3.63, 3.8) is 0 Å². The summed E-state index contributed by atoms with van der Waals surface area (Å²) in [6.07, 6.45) is 2.61. The Bertz CT molecular complexity index is 786. The van der Waals surface area contributed by atoms with Gasteiger partial charge in [0, 0.05) is 19.6 Å². The molecule has 1 aromatic heterocycles. The molecule has 132 valence electrons. The summed E-state index contributed by atoms with van der Waals surface area (Å²) in [4.78, 5) is 19.4. The molecule has 1 amide bonds. The van der Waals surface area contributed by atoms with Crippen molar-refractivity contribution in [2.75, 3.05) is 13.1 Å². The second-order valence-corrected chi connectivity index (χ2v) is 8.02. The molecule has 2 heterocycles. The number of para-hydroxylation sites is 2. The number of rotatable bonds is 5. The predicted molar refractivity (Wildman–Crippen MR) is 100 cm³/mol. The van der Waals surface area contributed by atoms with Gasteiger partial charge in [0.2, 0.25) is 5.91 Å². The second-order valence-electron chi connectivity index (χ2n) is 6.71. The predicted octanol–water partition coefficient (Wildman–Crippen LogP) is 3.69. The highest BCUT2D eigenvalue weighted by Crippen LogP contribution is 2.29. The van der Waals surface area contributed by atoms with Crippen LogP contribution >= 0.6 is 11.8 Å². The summed E-state index contributed by atoms with van der Waals surface area (Å²) in [5.74, 6) is 0.901. The molecule has 0 aliphatic carbocycles. The highest BCUT2D eigenvalue weighted by Gasteiger charge is 2.26. The van der Waals surface area contributed by atoms with E-state index in [1.165, 1.54) is 11.8 Å². The fourth-order valence-electron chi connectivity index (χ4n) is 3.22. The summed E-state index contributed by atoms with van der Waals surface area (Å²) in [6.45, 7) is 6.52. The molecule has 25 heavy (non-hydrogen) atoms. The van der Waals surface area contributed by atoms with E-state index in [0.717, 1.165) is 42.1 Å². The number of amides is 1. The Labute approximate surface area is 153 Å². The molecular formula is C19H24N4OS. The molecule has 1 saturated heterocycles. The zero-order valence-electron chi connectivity index (χ0n) is 14.8. The van der Waals surface area contributed by atoms with Crippen LogP contribution in [0.25, 0.3) is 11.0 Å². The van der Waals surface area contributed by atoms with Gasteiger partial charge in [-0.05, 0) is 37.8 Å². The molecule has 0 unspecified atom stereocenters. The molecular weight excluding hydrogens is 332 g/mol. The van der Waals surface area contributed by atoms with Crippen LogP contribution in [0, 0.1) is 17.2 Å². The number of nitriles is 1. The SMILES string of the molecule is CC1CCN(C(=O)[C@H](C)Sc2nc3ccccc3n2CCC#N)CC1. The Kier molecular flexibility index (Phi) is 5.64. The quantitative estimate of drug-likeness (QED) is 0.767. The number of aromatic nitrogens is 2. The fraction of sp³-hybridized carbons (Fsp3) is 0.526. The summed E-state index contributed by atoms with van der Waals surface area (Å²) in [6, 6.07) is 10.1. The lowest BCUT2D eigenvalue weighted by Crippen LogP contribution is -2.41. The van der Waals surface area contributed by atoms with E-state index in [-0.39, 0.29) is 11.2 Å². The average Bonchev–Trinajstić information content (AvgIpc) is 2.97. The van der Waals surface area contributed by atoms with Crippen LogP contribution < -0.4 is 0 Å². The molecule has 3 rings (SSSR count). The summed E-state index contributed by atoms with van der Waals surface area (Å²) in [7, 11) is 0. The van der Waals surface area contributed by atoms with Gasteiger partial charge in [-0.25, -0.2) is 4.98 Å². The third kappa shape index (κ3) is 3.98. The minimum absolute atomic E-state index is 0.175. The van der Waals surface area contributed by atoms with Crippen LogP contribution in [-0.2, 0) is 11.3 Å². The molecule has 1 aliphatic heterocycles. The van der Waals surface area contributed by atoms with Crippen LogP contribution in [0.15, 0.2) is 29.4 Å². The van der Waals surface area contributed by atoms with Crippen LogP contribution in [0.3, 0.4) is 0 Å². The number of benzene rings is 1. The number of nitrogens with zero attached hydrogens (tertiary/aromatic N) is 4. The summed E-state index contributed by atoms with van der Waals surface area (Å²) >= 11 is 1.50. The first-order chi connectivity index (χ1) is 12.1. The first kappa shape index (κ1) is 17.8. The molecule has 0 saturated carbocycles. The second kappa shape index (κ2) is 7.92. The van der Waals surface area contributed by atoms with Crippen LogP contribution in [0.4, 0.5) is 0 Å². The van der Waals surface area contributed by atoms with Crippen molar-refractivity contribution < 1.29 is 4.79 Å². The Morgan fingerprint density at radius 3 is 2.84 bits per heavy atom. The van der Waals surface area contributed by atoms with Gasteiger partial charge in [0.1, 0.15) is 0 Å². The van der Waals surface area contributed by atoms with Gasteiger partial charge < -0.3 is 9.47 Å². The lowest BCUT2D eigenvalue weighted by molar-refractivity contribution is -0.131. The Hall–Kier alpha value is -2.00. The van der Waals surface area contributed by atoms with Crippen LogP contribution in [0.1, 0.15) is 33.1 Å². The van der Waals surface area contributed by atoms with Crippen molar-refractivity contribution in [1.29, 1.82) is 5.26 Å².